The first kappa shape index (κ1) is 26.9. The minimum atomic E-state index is -0.848. The molecule has 1 saturated heterocycles. The Bertz CT molecular complexity index is 1080. The van der Waals surface area contributed by atoms with Crippen molar-refractivity contribution in [1.29, 1.82) is 0 Å². The van der Waals surface area contributed by atoms with Crippen molar-refractivity contribution in [3.8, 4) is 11.5 Å². The van der Waals surface area contributed by atoms with Gasteiger partial charge in [-0.25, -0.2) is 4.79 Å². The van der Waals surface area contributed by atoms with Crippen LogP contribution in [0.1, 0.15) is 95.1 Å². The lowest BCUT2D eigenvalue weighted by Gasteiger charge is -2.63. The van der Waals surface area contributed by atoms with Crippen LogP contribution in [-0.4, -0.2) is 60.4 Å². The molecule has 0 radical (unpaired) electrons. The highest BCUT2D eigenvalue weighted by Gasteiger charge is 2.72. The lowest BCUT2D eigenvalue weighted by atomic mass is 9.48. The van der Waals surface area contributed by atoms with E-state index in [1.54, 1.807) is 0 Å². The number of rotatable bonds is 13. The summed E-state index contributed by atoms with van der Waals surface area (Å²) in [5.41, 5.74) is 2.04. The van der Waals surface area contributed by atoms with Crippen LogP contribution in [0.2, 0.25) is 0 Å². The van der Waals surface area contributed by atoms with E-state index >= 15 is 0 Å². The molecule has 214 valence electrons. The van der Waals surface area contributed by atoms with E-state index < -0.39 is 17.2 Å². The van der Waals surface area contributed by atoms with Gasteiger partial charge in [-0.2, -0.15) is 0 Å². The molecule has 1 aromatic carbocycles. The van der Waals surface area contributed by atoms with E-state index in [0.717, 1.165) is 68.7 Å². The first-order chi connectivity index (χ1) is 19.0. The zero-order chi connectivity index (χ0) is 27.0. The lowest BCUT2D eigenvalue weighted by molar-refractivity contribution is -0.174. The number of carbonyl (C=O) groups excluding carboxylic acids is 1. The highest BCUT2D eigenvalue weighted by Crippen LogP contribution is 2.66. The predicted octanol–water partition coefficient (Wildman–Crippen LogP) is 6.05. The van der Waals surface area contributed by atoms with E-state index in [9.17, 15) is 9.90 Å². The number of nitrogens with zero attached hydrogens (tertiary/aromatic N) is 1. The molecule has 1 spiro atoms. The Hall–Kier alpha value is -2.25. The summed E-state index contributed by atoms with van der Waals surface area (Å²) >= 11 is 0. The zero-order valence-corrected chi connectivity index (χ0v) is 23.6. The van der Waals surface area contributed by atoms with Crippen LogP contribution in [0.3, 0.4) is 0 Å². The molecule has 4 atom stereocenters. The summed E-state index contributed by atoms with van der Waals surface area (Å²) in [6, 6.07) is 4.14. The molecule has 2 heterocycles. The van der Waals surface area contributed by atoms with Crippen LogP contribution in [-0.2, 0) is 21.3 Å². The number of aliphatic hydroxyl groups is 1. The average Bonchev–Trinajstić information content (AvgIpc) is 3.67. The van der Waals surface area contributed by atoms with Crippen molar-refractivity contribution in [3.63, 3.8) is 0 Å². The third-order valence-electron chi connectivity index (χ3n) is 10.1. The van der Waals surface area contributed by atoms with Gasteiger partial charge in [-0.1, -0.05) is 58.1 Å². The number of ether oxygens (including phenoxy) is 4. The summed E-state index contributed by atoms with van der Waals surface area (Å²) in [4.78, 5) is 14.6. The molecule has 2 bridgehead atoms. The van der Waals surface area contributed by atoms with E-state index in [-0.39, 0.29) is 18.9 Å². The maximum Gasteiger partial charge on any atom is 0.511 e. The number of likely N-dealkylation sites (tertiary alicyclic amines) is 1. The fourth-order valence-corrected chi connectivity index (χ4v) is 7.89. The molecule has 3 aliphatic carbocycles. The van der Waals surface area contributed by atoms with Crippen molar-refractivity contribution in [2.45, 2.75) is 114 Å². The molecule has 39 heavy (non-hydrogen) atoms. The zero-order valence-electron chi connectivity index (χ0n) is 23.6. The maximum absolute atomic E-state index is 12.5. The molecule has 2 saturated carbocycles. The van der Waals surface area contributed by atoms with E-state index in [2.05, 4.69) is 24.5 Å². The third kappa shape index (κ3) is 4.73. The van der Waals surface area contributed by atoms with Gasteiger partial charge in [-0.15, -0.1) is 0 Å². The first-order valence-corrected chi connectivity index (χ1v) is 15.4. The summed E-state index contributed by atoms with van der Waals surface area (Å²) < 4.78 is 23.0. The highest BCUT2D eigenvalue weighted by molar-refractivity contribution is 5.64. The Morgan fingerprint density at radius 1 is 1.13 bits per heavy atom. The second kappa shape index (κ2) is 11.0. The number of hydrogen-bond acceptors (Lipinski definition) is 7. The minimum Gasteiger partial charge on any atom is -0.481 e. The van der Waals surface area contributed by atoms with Gasteiger partial charge in [0.25, 0.3) is 0 Å². The van der Waals surface area contributed by atoms with Gasteiger partial charge in [0.2, 0.25) is 6.79 Å². The van der Waals surface area contributed by atoms with Crippen molar-refractivity contribution in [1.82, 2.24) is 4.90 Å². The monoisotopic (exact) mass is 539 g/mol. The predicted molar refractivity (Wildman–Crippen MR) is 148 cm³/mol. The van der Waals surface area contributed by atoms with Gasteiger partial charge in [-0.05, 0) is 74.6 Å². The van der Waals surface area contributed by atoms with Crippen LogP contribution in [0.5, 0.6) is 11.5 Å². The smallest absolute Gasteiger partial charge is 0.481 e. The van der Waals surface area contributed by atoms with E-state index in [1.807, 2.05) is 6.07 Å². The number of unbranched alkanes of at least 4 members (excludes halogenated alkanes) is 6. The molecule has 1 unspecified atom stereocenters. The Labute approximate surface area is 232 Å². The van der Waals surface area contributed by atoms with Gasteiger partial charge in [0.05, 0.1) is 17.6 Å². The maximum atomic E-state index is 12.5. The summed E-state index contributed by atoms with van der Waals surface area (Å²) in [5, 5.41) is 12.5. The Morgan fingerprint density at radius 2 is 1.92 bits per heavy atom. The second-order valence-corrected chi connectivity index (χ2v) is 12.5. The van der Waals surface area contributed by atoms with Crippen LogP contribution in [0.4, 0.5) is 4.79 Å². The fraction of sp³-hybridized carbons (Fsp3) is 0.719. The Kier molecular flexibility index (Phi) is 7.58. The number of carbonyl (C=O) groups is 1. The number of benzene rings is 1. The van der Waals surface area contributed by atoms with Crippen LogP contribution in [0.15, 0.2) is 24.3 Å². The van der Waals surface area contributed by atoms with Gasteiger partial charge < -0.3 is 24.1 Å². The van der Waals surface area contributed by atoms with Crippen LogP contribution in [0, 0.1) is 5.92 Å². The molecule has 5 aliphatic rings. The topological polar surface area (TPSA) is 77.5 Å². The first-order valence-electron chi connectivity index (χ1n) is 15.4. The average molecular weight is 540 g/mol. The SMILES string of the molecule is C=C1CC[C@@]2(O)C3Cc4ccc(OCOC(=O)OCCCCCCCCC)c5c4[C@@]2(CCN3CC2CC2)[C@H]1O5. The van der Waals surface area contributed by atoms with Gasteiger partial charge in [0, 0.05) is 18.2 Å². The van der Waals surface area contributed by atoms with Crippen LogP contribution < -0.4 is 9.47 Å². The van der Waals surface area contributed by atoms with Gasteiger partial charge in [-0.3, -0.25) is 4.90 Å². The molecule has 1 N–H and O–H groups in total. The van der Waals surface area contributed by atoms with Crippen molar-refractivity contribution >= 4 is 6.16 Å². The summed E-state index contributed by atoms with van der Waals surface area (Å²) in [6.07, 6.45) is 12.9. The quantitative estimate of drug-likeness (QED) is 0.142. The van der Waals surface area contributed by atoms with Crippen LogP contribution in [0.25, 0.3) is 0 Å². The van der Waals surface area contributed by atoms with Gasteiger partial charge in [0.15, 0.2) is 11.5 Å². The number of piperidine rings is 1. The molecular weight excluding hydrogens is 494 g/mol. The molecule has 0 aromatic heterocycles. The summed E-state index contributed by atoms with van der Waals surface area (Å²) in [5.74, 6) is 2.02. The molecule has 7 nitrogen and oxygen atoms in total. The normalized spacial score (nSPS) is 30.5. The molecule has 6 rings (SSSR count). The van der Waals surface area contributed by atoms with Gasteiger partial charge in [0.1, 0.15) is 6.10 Å². The van der Waals surface area contributed by atoms with Crippen LogP contribution >= 0.6 is 0 Å². The lowest BCUT2D eigenvalue weighted by Crippen LogP contribution is -2.75. The summed E-state index contributed by atoms with van der Waals surface area (Å²) in [6.45, 7) is 8.77. The van der Waals surface area contributed by atoms with Crippen molar-refractivity contribution in [3.05, 3.63) is 35.4 Å². The molecule has 0 amide bonds. The second-order valence-electron chi connectivity index (χ2n) is 12.5. The number of hydrogen-bond donors (Lipinski definition) is 1. The molecule has 7 heteroatoms. The van der Waals surface area contributed by atoms with Crippen molar-refractivity contribution < 1.29 is 28.8 Å². The fourth-order valence-electron chi connectivity index (χ4n) is 7.89. The Morgan fingerprint density at radius 3 is 2.72 bits per heavy atom. The van der Waals surface area contributed by atoms with E-state index in [4.69, 9.17) is 18.9 Å². The highest BCUT2D eigenvalue weighted by atomic mass is 16.8. The molecule has 1 aromatic rings. The van der Waals surface area contributed by atoms with E-state index in [1.165, 1.54) is 50.5 Å². The minimum absolute atomic E-state index is 0.103. The molecule has 2 aliphatic heterocycles. The van der Waals surface area contributed by atoms with Gasteiger partial charge >= 0.3 is 6.16 Å². The van der Waals surface area contributed by atoms with E-state index in [0.29, 0.717) is 18.1 Å². The molecule has 3 fully saturated rings. The summed E-state index contributed by atoms with van der Waals surface area (Å²) in [7, 11) is 0. The standard InChI is InChI=1S/C32H45NO6/c1-3-4-5-6-7-8-9-18-36-30(34)38-21-37-25-13-12-24-19-26-32(35)15-14-22(2)29-31(32,27(24)28(25)39-29)16-17-33(26)20-23-10-11-23/h12-13,23,26,29,35H,2-11,14-21H2,1H3/t26?,29-,31-,32+/m0/s1. The van der Waals surface area contributed by atoms with Crippen molar-refractivity contribution in [2.24, 2.45) is 5.92 Å². The Balaban J connectivity index is 1.10. The van der Waals surface area contributed by atoms with Crippen molar-refractivity contribution in [2.75, 3.05) is 26.5 Å². The molecular formula is C32H45NO6. The third-order valence-corrected chi connectivity index (χ3v) is 10.1. The largest absolute Gasteiger partial charge is 0.511 e.